The van der Waals surface area contributed by atoms with Crippen LogP contribution in [0.2, 0.25) is 5.02 Å². The third kappa shape index (κ3) is 2.73. The first-order valence-corrected chi connectivity index (χ1v) is 4.22. The Kier molecular flexibility index (Phi) is 3.31. The third-order valence-electron chi connectivity index (χ3n) is 1.50. The summed E-state index contributed by atoms with van der Waals surface area (Å²) < 4.78 is 12.0. The van der Waals surface area contributed by atoms with Crippen molar-refractivity contribution in [2.24, 2.45) is 0 Å². The third-order valence-corrected chi connectivity index (χ3v) is 1.72. The highest BCUT2D eigenvalue weighted by Gasteiger charge is 2.10. The number of amides is 1. The van der Waals surface area contributed by atoms with Gasteiger partial charge in [0.15, 0.2) is 0 Å². The molecule has 2 N–H and O–H groups in total. The van der Waals surface area contributed by atoms with Crippen molar-refractivity contribution < 1.29 is 9.18 Å². The van der Waals surface area contributed by atoms with E-state index in [1.54, 1.807) is 6.92 Å². The molecule has 0 bridgehead atoms. The second kappa shape index (κ2) is 4.28. The van der Waals surface area contributed by atoms with E-state index in [-0.39, 0.29) is 5.91 Å². The lowest BCUT2D eigenvalue weighted by Crippen LogP contribution is -2.34. The maximum Gasteiger partial charge on any atom is 0.268 e. The monoisotopic (exact) mass is 204 g/mol. The Morgan fingerprint density at radius 3 is 3.00 bits per heavy atom. The van der Waals surface area contributed by atoms with Crippen LogP contribution < -0.4 is 5.32 Å². The van der Waals surface area contributed by atoms with Crippen LogP contribution in [0.5, 0.6) is 0 Å². The zero-order valence-corrected chi connectivity index (χ0v) is 7.86. The standard InChI is InChI=1S/C8H10ClFN2O/c1-5(3-10)12-8(13)7-2-6(9)4-11-7/h2,4-5,11H,3H2,1H3,(H,12,13). The van der Waals surface area contributed by atoms with Gasteiger partial charge < -0.3 is 10.3 Å². The van der Waals surface area contributed by atoms with Crippen molar-refractivity contribution >= 4 is 17.5 Å². The van der Waals surface area contributed by atoms with E-state index in [9.17, 15) is 9.18 Å². The lowest BCUT2D eigenvalue weighted by atomic mass is 10.3. The van der Waals surface area contributed by atoms with Gasteiger partial charge in [0.2, 0.25) is 0 Å². The molecule has 0 aliphatic carbocycles. The normalized spacial score (nSPS) is 12.5. The quantitative estimate of drug-likeness (QED) is 0.774. The Bertz CT molecular complexity index is 300. The van der Waals surface area contributed by atoms with Crippen LogP contribution in [0.4, 0.5) is 4.39 Å². The Morgan fingerprint density at radius 2 is 2.54 bits per heavy atom. The van der Waals surface area contributed by atoms with E-state index in [1.165, 1.54) is 12.3 Å². The van der Waals surface area contributed by atoms with Crippen LogP contribution in [0.1, 0.15) is 17.4 Å². The summed E-state index contributed by atoms with van der Waals surface area (Å²) in [6.45, 7) is 1.00. The second-order valence-corrected chi connectivity index (χ2v) is 3.20. The maximum atomic E-state index is 12.0. The molecule has 5 heteroatoms. The minimum atomic E-state index is -0.583. The summed E-state index contributed by atoms with van der Waals surface area (Å²) in [5.74, 6) is -0.350. The summed E-state index contributed by atoms with van der Waals surface area (Å²) in [6.07, 6.45) is 1.50. The van der Waals surface area contributed by atoms with Gasteiger partial charge in [0.25, 0.3) is 5.91 Å². The molecule has 1 atom stereocenters. The summed E-state index contributed by atoms with van der Waals surface area (Å²) in [5, 5.41) is 2.91. The van der Waals surface area contributed by atoms with E-state index in [2.05, 4.69) is 10.3 Å². The van der Waals surface area contributed by atoms with Gasteiger partial charge in [-0.2, -0.15) is 0 Å². The molecular formula is C8H10ClFN2O. The molecule has 1 aromatic rings. The molecule has 0 aliphatic rings. The first-order valence-electron chi connectivity index (χ1n) is 3.84. The lowest BCUT2D eigenvalue weighted by molar-refractivity contribution is 0.0929. The molecule has 0 saturated carbocycles. The van der Waals surface area contributed by atoms with Crippen LogP contribution in [0.3, 0.4) is 0 Å². The fourth-order valence-electron chi connectivity index (χ4n) is 0.839. The van der Waals surface area contributed by atoms with Crippen molar-refractivity contribution in [3.63, 3.8) is 0 Å². The van der Waals surface area contributed by atoms with Gasteiger partial charge in [0.05, 0.1) is 11.1 Å². The Hall–Kier alpha value is -1.03. The molecule has 1 unspecified atom stereocenters. The number of hydrogen-bond donors (Lipinski definition) is 2. The van der Waals surface area contributed by atoms with Gasteiger partial charge in [-0.25, -0.2) is 4.39 Å². The molecular weight excluding hydrogens is 195 g/mol. The van der Waals surface area contributed by atoms with Crippen molar-refractivity contribution in [1.29, 1.82) is 0 Å². The highest BCUT2D eigenvalue weighted by atomic mass is 35.5. The van der Waals surface area contributed by atoms with Gasteiger partial charge in [-0.15, -0.1) is 0 Å². The molecule has 0 saturated heterocycles. The summed E-state index contributed by atoms with van der Waals surface area (Å²) in [6, 6.07) is 1.01. The number of rotatable bonds is 3. The fraction of sp³-hybridized carbons (Fsp3) is 0.375. The Morgan fingerprint density at radius 1 is 1.85 bits per heavy atom. The predicted molar refractivity (Wildman–Crippen MR) is 48.7 cm³/mol. The molecule has 1 aromatic heterocycles. The van der Waals surface area contributed by atoms with Gasteiger partial charge in [0, 0.05) is 6.20 Å². The minimum absolute atomic E-state index is 0.338. The largest absolute Gasteiger partial charge is 0.356 e. The van der Waals surface area contributed by atoms with Crippen LogP contribution in [0.15, 0.2) is 12.3 Å². The zero-order valence-electron chi connectivity index (χ0n) is 7.10. The van der Waals surface area contributed by atoms with Gasteiger partial charge in [-0.05, 0) is 13.0 Å². The zero-order chi connectivity index (χ0) is 9.84. The molecule has 72 valence electrons. The van der Waals surface area contributed by atoms with E-state index in [4.69, 9.17) is 11.6 Å². The van der Waals surface area contributed by atoms with Gasteiger partial charge >= 0.3 is 0 Å². The molecule has 0 spiro atoms. The average Bonchev–Trinajstić information content (AvgIpc) is 2.51. The molecule has 1 rings (SSSR count). The van der Waals surface area contributed by atoms with E-state index >= 15 is 0 Å². The fourth-order valence-corrected chi connectivity index (χ4v) is 1.00. The molecule has 0 aliphatic heterocycles. The predicted octanol–water partition coefficient (Wildman–Crippen LogP) is 1.76. The van der Waals surface area contributed by atoms with Gasteiger partial charge in [-0.3, -0.25) is 4.79 Å². The smallest absolute Gasteiger partial charge is 0.268 e. The van der Waals surface area contributed by atoms with Crippen LogP contribution >= 0.6 is 11.6 Å². The first-order chi connectivity index (χ1) is 6.13. The van der Waals surface area contributed by atoms with Crippen LogP contribution in [0.25, 0.3) is 0 Å². The van der Waals surface area contributed by atoms with Crippen LogP contribution in [0, 0.1) is 0 Å². The molecule has 0 radical (unpaired) electrons. The minimum Gasteiger partial charge on any atom is -0.356 e. The number of carbonyl (C=O) groups is 1. The number of aromatic amines is 1. The summed E-state index contributed by atoms with van der Waals surface area (Å²) >= 11 is 5.59. The highest BCUT2D eigenvalue weighted by Crippen LogP contribution is 2.09. The number of aromatic nitrogens is 1. The van der Waals surface area contributed by atoms with Crippen molar-refractivity contribution in [1.82, 2.24) is 10.3 Å². The first kappa shape index (κ1) is 10.1. The molecule has 0 fully saturated rings. The average molecular weight is 205 g/mol. The summed E-state index contributed by atoms with van der Waals surface area (Å²) in [7, 11) is 0. The Labute approximate surface area is 80.3 Å². The lowest BCUT2D eigenvalue weighted by Gasteiger charge is -2.07. The van der Waals surface area contributed by atoms with Crippen molar-refractivity contribution in [2.45, 2.75) is 13.0 Å². The number of halogens is 2. The maximum absolute atomic E-state index is 12.0. The van der Waals surface area contributed by atoms with E-state index in [1.807, 2.05) is 0 Å². The number of alkyl halides is 1. The molecule has 1 heterocycles. The second-order valence-electron chi connectivity index (χ2n) is 2.76. The molecule has 3 nitrogen and oxygen atoms in total. The highest BCUT2D eigenvalue weighted by molar-refractivity contribution is 6.30. The SMILES string of the molecule is CC(CF)NC(=O)c1cc(Cl)c[nH]1. The number of nitrogens with one attached hydrogen (secondary N) is 2. The number of carbonyl (C=O) groups excluding carboxylic acids is 1. The molecule has 13 heavy (non-hydrogen) atoms. The number of hydrogen-bond acceptors (Lipinski definition) is 1. The topological polar surface area (TPSA) is 44.9 Å². The van der Waals surface area contributed by atoms with Crippen molar-refractivity contribution in [3.8, 4) is 0 Å². The van der Waals surface area contributed by atoms with Crippen molar-refractivity contribution in [3.05, 3.63) is 23.0 Å². The van der Waals surface area contributed by atoms with Crippen LogP contribution in [-0.4, -0.2) is 23.6 Å². The van der Waals surface area contributed by atoms with Crippen LogP contribution in [-0.2, 0) is 0 Å². The summed E-state index contributed by atoms with van der Waals surface area (Å²) in [5.41, 5.74) is 0.338. The molecule has 1 amide bonds. The van der Waals surface area contributed by atoms with E-state index in [0.29, 0.717) is 10.7 Å². The van der Waals surface area contributed by atoms with E-state index < -0.39 is 12.7 Å². The molecule has 0 aromatic carbocycles. The van der Waals surface area contributed by atoms with Gasteiger partial charge in [-0.1, -0.05) is 11.6 Å². The number of H-pyrrole nitrogens is 1. The van der Waals surface area contributed by atoms with Crippen molar-refractivity contribution in [2.75, 3.05) is 6.67 Å². The summed E-state index contributed by atoms with van der Waals surface area (Å²) in [4.78, 5) is 13.9. The van der Waals surface area contributed by atoms with E-state index in [0.717, 1.165) is 0 Å². The Balaban J connectivity index is 2.58. The van der Waals surface area contributed by atoms with Gasteiger partial charge in [0.1, 0.15) is 12.4 Å².